The van der Waals surface area contributed by atoms with E-state index in [1.54, 1.807) is 0 Å². The third kappa shape index (κ3) is 3.98. The lowest BCUT2D eigenvalue weighted by Crippen LogP contribution is -2.38. The van der Waals surface area contributed by atoms with Gasteiger partial charge in [0.2, 0.25) is 6.79 Å². The molecule has 0 aliphatic carbocycles. The molecule has 2 heterocycles. The molecule has 1 aromatic heterocycles. The Morgan fingerprint density at radius 1 is 1.38 bits per heavy atom. The van der Waals surface area contributed by atoms with Gasteiger partial charge in [-0.3, -0.25) is 0 Å². The maximum absolute atomic E-state index is 11.5. The first-order valence-corrected chi connectivity index (χ1v) is 7.91. The van der Waals surface area contributed by atoms with Crippen LogP contribution in [0.3, 0.4) is 0 Å². The summed E-state index contributed by atoms with van der Waals surface area (Å²) in [6.07, 6.45) is 1.95. The molecule has 1 fully saturated rings. The summed E-state index contributed by atoms with van der Waals surface area (Å²) in [4.78, 5) is 16.9. The molecule has 130 valence electrons. The van der Waals surface area contributed by atoms with Gasteiger partial charge in [0.15, 0.2) is 6.10 Å². The van der Waals surface area contributed by atoms with E-state index < -0.39 is 6.16 Å². The van der Waals surface area contributed by atoms with Gasteiger partial charge in [-0.1, -0.05) is 6.07 Å². The number of carbonyl (C=O) groups is 1. The highest BCUT2D eigenvalue weighted by atomic mass is 16.8. The van der Waals surface area contributed by atoms with Crippen LogP contribution in [0.4, 0.5) is 4.79 Å². The molecule has 1 saturated heterocycles. The van der Waals surface area contributed by atoms with Crippen LogP contribution in [-0.2, 0) is 20.6 Å². The monoisotopic (exact) mass is 334 g/mol. The average Bonchev–Trinajstić information content (AvgIpc) is 2.93. The van der Waals surface area contributed by atoms with Crippen molar-refractivity contribution in [3.63, 3.8) is 0 Å². The Labute approximate surface area is 140 Å². The molecule has 0 bridgehead atoms. The van der Waals surface area contributed by atoms with Gasteiger partial charge in [0, 0.05) is 23.6 Å². The number of likely N-dealkylation sites (N-methyl/N-ethyl adjacent to an activating group) is 1. The van der Waals surface area contributed by atoms with E-state index in [-0.39, 0.29) is 12.9 Å². The van der Waals surface area contributed by atoms with Gasteiger partial charge in [-0.05, 0) is 38.2 Å². The number of ether oxygens (including phenoxy) is 4. The van der Waals surface area contributed by atoms with Crippen molar-refractivity contribution in [3.05, 3.63) is 30.0 Å². The number of H-pyrrole nitrogens is 1. The topological polar surface area (TPSA) is 73.0 Å². The Kier molecular flexibility index (Phi) is 5.22. The minimum atomic E-state index is -0.739. The van der Waals surface area contributed by atoms with Crippen LogP contribution in [0.2, 0.25) is 0 Å². The summed E-state index contributed by atoms with van der Waals surface area (Å²) in [6.45, 7) is 1.60. The largest absolute Gasteiger partial charge is 0.511 e. The summed E-state index contributed by atoms with van der Waals surface area (Å²) in [5, 5.41) is 1.02. The van der Waals surface area contributed by atoms with Crippen LogP contribution in [0.15, 0.2) is 24.4 Å². The lowest BCUT2D eigenvalue weighted by molar-refractivity contribution is -0.119. The lowest BCUT2D eigenvalue weighted by Gasteiger charge is -2.24. The average molecular weight is 334 g/mol. The molecule has 0 atom stereocenters. The third-order valence-electron chi connectivity index (χ3n) is 3.84. The highest BCUT2D eigenvalue weighted by molar-refractivity contribution is 5.89. The molecular formula is C17H22N2O5. The molecule has 0 spiro atoms. The molecule has 1 aliphatic heterocycles. The molecule has 1 aromatic carbocycles. The summed E-state index contributed by atoms with van der Waals surface area (Å²) in [5.74, 6) is 0.683. The summed E-state index contributed by atoms with van der Waals surface area (Å²) < 4.78 is 20.5. The molecule has 3 rings (SSSR count). The van der Waals surface area contributed by atoms with Crippen molar-refractivity contribution in [2.24, 2.45) is 0 Å². The fraction of sp³-hybridized carbons (Fsp3) is 0.471. The zero-order valence-corrected chi connectivity index (χ0v) is 13.9. The van der Waals surface area contributed by atoms with E-state index in [2.05, 4.69) is 9.88 Å². The normalized spacial score (nSPS) is 14.6. The fourth-order valence-corrected chi connectivity index (χ4v) is 2.47. The predicted molar refractivity (Wildman–Crippen MR) is 88.2 cm³/mol. The smallest absolute Gasteiger partial charge is 0.457 e. The summed E-state index contributed by atoms with van der Waals surface area (Å²) >= 11 is 0. The van der Waals surface area contributed by atoms with Crippen LogP contribution in [0.5, 0.6) is 5.75 Å². The Hall–Kier alpha value is -2.25. The second kappa shape index (κ2) is 7.55. The van der Waals surface area contributed by atoms with E-state index in [0.717, 1.165) is 23.9 Å². The molecule has 7 nitrogen and oxygen atoms in total. The number of hydrogen-bond donors (Lipinski definition) is 1. The maximum Gasteiger partial charge on any atom is 0.511 e. The van der Waals surface area contributed by atoms with Gasteiger partial charge in [-0.25, -0.2) is 4.79 Å². The first kappa shape index (κ1) is 16.6. The minimum Gasteiger partial charge on any atom is -0.457 e. The Morgan fingerprint density at radius 3 is 2.92 bits per heavy atom. The van der Waals surface area contributed by atoms with Gasteiger partial charge < -0.3 is 28.8 Å². The molecule has 2 aromatic rings. The molecular weight excluding hydrogens is 312 g/mol. The van der Waals surface area contributed by atoms with Crippen molar-refractivity contribution in [1.29, 1.82) is 0 Å². The molecule has 0 radical (unpaired) electrons. The molecule has 0 amide bonds. The number of nitrogens with zero attached hydrogens (tertiary/aromatic N) is 1. The van der Waals surface area contributed by atoms with E-state index >= 15 is 0 Å². The van der Waals surface area contributed by atoms with Gasteiger partial charge in [-0.2, -0.15) is 0 Å². The van der Waals surface area contributed by atoms with Crippen LogP contribution in [0, 0.1) is 0 Å². The second-order valence-corrected chi connectivity index (χ2v) is 5.98. The molecule has 1 N–H and O–H groups in total. The molecule has 1 aliphatic rings. The van der Waals surface area contributed by atoms with Crippen molar-refractivity contribution in [1.82, 2.24) is 9.88 Å². The number of benzene rings is 1. The van der Waals surface area contributed by atoms with E-state index in [4.69, 9.17) is 18.9 Å². The van der Waals surface area contributed by atoms with Gasteiger partial charge >= 0.3 is 6.16 Å². The number of hydrogen-bond acceptors (Lipinski definition) is 6. The van der Waals surface area contributed by atoms with E-state index in [1.165, 1.54) is 5.56 Å². The first-order valence-electron chi connectivity index (χ1n) is 7.91. The van der Waals surface area contributed by atoms with Crippen LogP contribution in [0.1, 0.15) is 5.56 Å². The number of aromatic amines is 1. The predicted octanol–water partition coefficient (Wildman–Crippen LogP) is 2.16. The number of nitrogens with one attached hydrogen (secondary N) is 1. The van der Waals surface area contributed by atoms with Crippen molar-refractivity contribution >= 4 is 17.1 Å². The number of carbonyl (C=O) groups excluding carboxylic acids is 1. The molecule has 0 saturated carbocycles. The van der Waals surface area contributed by atoms with Crippen molar-refractivity contribution in [2.75, 3.05) is 40.6 Å². The zero-order chi connectivity index (χ0) is 16.9. The van der Waals surface area contributed by atoms with E-state index in [9.17, 15) is 4.79 Å². The molecule has 24 heavy (non-hydrogen) atoms. The number of fused-ring (bicyclic) bond motifs is 1. The summed E-state index contributed by atoms with van der Waals surface area (Å²) in [5.41, 5.74) is 2.17. The van der Waals surface area contributed by atoms with Crippen LogP contribution >= 0.6 is 0 Å². The molecule has 0 unspecified atom stereocenters. The quantitative estimate of drug-likeness (QED) is 0.618. The van der Waals surface area contributed by atoms with Crippen molar-refractivity contribution < 1.29 is 23.7 Å². The van der Waals surface area contributed by atoms with Gasteiger partial charge in [0.1, 0.15) is 5.75 Å². The number of aromatic nitrogens is 1. The van der Waals surface area contributed by atoms with Crippen molar-refractivity contribution in [2.45, 2.75) is 12.5 Å². The lowest BCUT2D eigenvalue weighted by atomic mass is 10.1. The highest BCUT2D eigenvalue weighted by Crippen LogP contribution is 2.29. The Morgan fingerprint density at radius 2 is 2.21 bits per heavy atom. The fourth-order valence-electron chi connectivity index (χ4n) is 2.47. The standard InChI is InChI=1S/C17H22N2O5/c1-19(2)7-6-12-8-18-14-4-3-5-15(16(12)14)22-11-23-17(20)24-13-9-21-10-13/h3-5,8,13,18H,6-7,9-11H2,1-2H3. The first-order chi connectivity index (χ1) is 11.6. The van der Waals surface area contributed by atoms with E-state index in [0.29, 0.717) is 19.0 Å². The number of rotatable bonds is 7. The maximum atomic E-state index is 11.5. The second-order valence-electron chi connectivity index (χ2n) is 5.98. The van der Waals surface area contributed by atoms with Crippen molar-refractivity contribution in [3.8, 4) is 5.75 Å². The third-order valence-corrected chi connectivity index (χ3v) is 3.84. The van der Waals surface area contributed by atoms with E-state index in [1.807, 2.05) is 38.5 Å². The van der Waals surface area contributed by atoms with Gasteiger partial charge in [0.05, 0.1) is 13.2 Å². The van der Waals surface area contributed by atoms with Crippen LogP contribution < -0.4 is 4.74 Å². The van der Waals surface area contributed by atoms with Gasteiger partial charge in [0.25, 0.3) is 0 Å². The minimum absolute atomic E-state index is 0.191. The Balaban J connectivity index is 1.60. The van der Waals surface area contributed by atoms with Crippen LogP contribution in [0.25, 0.3) is 10.9 Å². The molecule has 7 heteroatoms. The van der Waals surface area contributed by atoms with Gasteiger partial charge in [-0.15, -0.1) is 0 Å². The SMILES string of the molecule is CN(C)CCc1c[nH]c2cccc(OCOC(=O)OC3COC3)c12. The highest BCUT2D eigenvalue weighted by Gasteiger charge is 2.23. The summed E-state index contributed by atoms with van der Waals surface area (Å²) in [7, 11) is 4.08. The zero-order valence-electron chi connectivity index (χ0n) is 13.9. The Bertz CT molecular complexity index is 693. The summed E-state index contributed by atoms with van der Waals surface area (Å²) in [6, 6.07) is 5.75. The van der Waals surface area contributed by atoms with Crippen LogP contribution in [-0.4, -0.2) is 62.8 Å².